The fourth-order valence-electron chi connectivity index (χ4n) is 2.33. The predicted octanol–water partition coefficient (Wildman–Crippen LogP) is 3.09. The molecular formula is C17H17O3P. The van der Waals surface area contributed by atoms with Crippen LogP contribution in [0.5, 0.6) is 5.75 Å². The molecule has 3 nitrogen and oxygen atoms in total. The van der Waals surface area contributed by atoms with Crippen molar-refractivity contribution < 1.29 is 14.2 Å². The predicted molar refractivity (Wildman–Crippen MR) is 85.7 cm³/mol. The molecule has 3 rings (SSSR count). The fourth-order valence-corrected chi connectivity index (χ4v) is 3.80. The van der Waals surface area contributed by atoms with Crippen LogP contribution in [-0.4, -0.2) is 10.5 Å². The molecule has 0 radical (unpaired) electrons. The van der Waals surface area contributed by atoms with Crippen LogP contribution < -0.4 is 15.3 Å². The van der Waals surface area contributed by atoms with Crippen molar-refractivity contribution in [2.75, 3.05) is 0 Å². The van der Waals surface area contributed by atoms with Crippen molar-refractivity contribution in [1.82, 2.24) is 0 Å². The highest BCUT2D eigenvalue weighted by Gasteiger charge is 2.27. The standard InChI is InChI=1S/C17H17O3P/c1-17(2)11-10-13-12-15(8-9-16(13)20-17)21(18,19)14-6-4-3-5-7-14/h3-12H,1-2H3,(H,18,19). The first-order valence-electron chi connectivity index (χ1n) is 6.80. The first-order valence-corrected chi connectivity index (χ1v) is 8.46. The lowest BCUT2D eigenvalue weighted by molar-refractivity contribution is 0.159. The quantitative estimate of drug-likeness (QED) is 0.867. The van der Waals surface area contributed by atoms with E-state index in [1.54, 1.807) is 42.5 Å². The Labute approximate surface area is 124 Å². The van der Waals surface area contributed by atoms with Gasteiger partial charge < -0.3 is 9.63 Å². The molecule has 0 spiro atoms. The van der Waals surface area contributed by atoms with Crippen molar-refractivity contribution in [3.05, 3.63) is 60.2 Å². The zero-order valence-electron chi connectivity index (χ0n) is 12.0. The lowest BCUT2D eigenvalue weighted by Gasteiger charge is -2.28. The number of hydrogen-bond donors (Lipinski definition) is 1. The Bertz CT molecular complexity index is 748. The van der Waals surface area contributed by atoms with Crippen LogP contribution in [0.2, 0.25) is 0 Å². The molecule has 1 heterocycles. The monoisotopic (exact) mass is 300 g/mol. The Hall–Kier alpha value is -1.83. The molecule has 2 aromatic carbocycles. The van der Waals surface area contributed by atoms with Gasteiger partial charge in [0, 0.05) is 16.2 Å². The third-order valence-corrected chi connectivity index (χ3v) is 5.46. The highest BCUT2D eigenvalue weighted by atomic mass is 31.2. The molecule has 1 aliphatic rings. The van der Waals surface area contributed by atoms with Crippen LogP contribution in [0, 0.1) is 0 Å². The molecule has 21 heavy (non-hydrogen) atoms. The molecule has 0 saturated carbocycles. The molecule has 1 N–H and O–H groups in total. The molecule has 0 aromatic heterocycles. The third kappa shape index (κ3) is 2.67. The van der Waals surface area contributed by atoms with Gasteiger partial charge in [-0.25, -0.2) is 0 Å². The number of rotatable bonds is 2. The summed E-state index contributed by atoms with van der Waals surface area (Å²) in [6.45, 7) is 3.95. The van der Waals surface area contributed by atoms with Crippen molar-refractivity contribution >= 4 is 24.1 Å². The van der Waals surface area contributed by atoms with E-state index in [1.165, 1.54) is 0 Å². The summed E-state index contributed by atoms with van der Waals surface area (Å²) < 4.78 is 18.6. The molecule has 4 heteroatoms. The van der Waals surface area contributed by atoms with E-state index in [0.717, 1.165) is 11.3 Å². The SMILES string of the molecule is CC1(C)C=Cc2cc(P(=O)(O)c3ccccc3)ccc2O1. The summed E-state index contributed by atoms with van der Waals surface area (Å²) in [4.78, 5) is 10.5. The second-order valence-electron chi connectivity index (χ2n) is 5.67. The van der Waals surface area contributed by atoms with Crippen LogP contribution in [0.1, 0.15) is 19.4 Å². The van der Waals surface area contributed by atoms with Gasteiger partial charge in [-0.15, -0.1) is 0 Å². The van der Waals surface area contributed by atoms with E-state index in [9.17, 15) is 9.46 Å². The number of hydrogen-bond acceptors (Lipinski definition) is 2. The normalized spacial score (nSPS) is 18.4. The van der Waals surface area contributed by atoms with E-state index in [1.807, 2.05) is 32.1 Å². The molecule has 1 atom stereocenters. The summed E-state index contributed by atoms with van der Waals surface area (Å²) in [6, 6.07) is 13.9. The molecular weight excluding hydrogens is 283 g/mol. The lowest BCUT2D eigenvalue weighted by atomic mass is 10.0. The zero-order valence-corrected chi connectivity index (χ0v) is 12.9. The van der Waals surface area contributed by atoms with E-state index >= 15 is 0 Å². The van der Waals surface area contributed by atoms with Gasteiger partial charge in [0.25, 0.3) is 7.37 Å². The van der Waals surface area contributed by atoms with Crippen LogP contribution in [0.3, 0.4) is 0 Å². The Morgan fingerprint density at radius 1 is 1.05 bits per heavy atom. The molecule has 1 unspecified atom stereocenters. The maximum Gasteiger partial charge on any atom is 0.258 e. The van der Waals surface area contributed by atoms with E-state index < -0.39 is 7.37 Å². The Morgan fingerprint density at radius 2 is 1.76 bits per heavy atom. The highest BCUT2D eigenvalue weighted by molar-refractivity contribution is 7.73. The summed E-state index contributed by atoms with van der Waals surface area (Å²) in [7, 11) is -3.57. The van der Waals surface area contributed by atoms with Gasteiger partial charge in [-0.2, -0.15) is 0 Å². The van der Waals surface area contributed by atoms with Crippen molar-refractivity contribution in [3.63, 3.8) is 0 Å². The number of fused-ring (bicyclic) bond motifs is 1. The fraction of sp³-hybridized carbons (Fsp3) is 0.176. The molecule has 0 bridgehead atoms. The van der Waals surface area contributed by atoms with Gasteiger partial charge in [-0.3, -0.25) is 4.57 Å². The Balaban J connectivity index is 2.04. The maximum absolute atomic E-state index is 12.7. The van der Waals surface area contributed by atoms with Gasteiger partial charge in [0.2, 0.25) is 0 Å². The van der Waals surface area contributed by atoms with E-state index in [2.05, 4.69) is 0 Å². The molecule has 2 aromatic rings. The largest absolute Gasteiger partial charge is 0.483 e. The maximum atomic E-state index is 12.7. The van der Waals surface area contributed by atoms with Gasteiger partial charge in [-0.05, 0) is 50.3 Å². The first-order chi connectivity index (χ1) is 9.88. The van der Waals surface area contributed by atoms with Crippen molar-refractivity contribution in [1.29, 1.82) is 0 Å². The molecule has 0 fully saturated rings. The second-order valence-corrected chi connectivity index (χ2v) is 7.86. The summed E-state index contributed by atoms with van der Waals surface area (Å²) in [5, 5.41) is 0.853. The van der Waals surface area contributed by atoms with Gasteiger partial charge in [0.15, 0.2) is 0 Å². The molecule has 0 amide bonds. The molecule has 108 valence electrons. The van der Waals surface area contributed by atoms with E-state index in [4.69, 9.17) is 4.74 Å². The lowest BCUT2D eigenvalue weighted by Crippen LogP contribution is -2.28. The van der Waals surface area contributed by atoms with E-state index in [0.29, 0.717) is 10.6 Å². The van der Waals surface area contributed by atoms with E-state index in [-0.39, 0.29) is 5.60 Å². The van der Waals surface area contributed by atoms with Gasteiger partial charge in [0.1, 0.15) is 11.4 Å². The minimum absolute atomic E-state index is 0.350. The average molecular weight is 300 g/mol. The second kappa shape index (κ2) is 4.87. The van der Waals surface area contributed by atoms with Crippen LogP contribution in [0.4, 0.5) is 0 Å². The third-order valence-electron chi connectivity index (χ3n) is 3.49. The first kappa shape index (κ1) is 14.1. The number of ether oxygens (including phenoxy) is 1. The Kier molecular flexibility index (Phi) is 3.27. The summed E-state index contributed by atoms with van der Waals surface area (Å²) in [5.74, 6) is 0.735. The Morgan fingerprint density at radius 3 is 2.48 bits per heavy atom. The molecule has 0 saturated heterocycles. The van der Waals surface area contributed by atoms with Crippen LogP contribution in [0.15, 0.2) is 54.6 Å². The topological polar surface area (TPSA) is 46.5 Å². The van der Waals surface area contributed by atoms with Crippen LogP contribution in [0.25, 0.3) is 6.08 Å². The van der Waals surface area contributed by atoms with Crippen molar-refractivity contribution in [2.24, 2.45) is 0 Å². The summed E-state index contributed by atoms with van der Waals surface area (Å²) >= 11 is 0. The summed E-state index contributed by atoms with van der Waals surface area (Å²) in [6.07, 6.45) is 3.89. The molecule has 1 aliphatic heterocycles. The summed E-state index contributed by atoms with van der Waals surface area (Å²) in [5.41, 5.74) is 0.480. The van der Waals surface area contributed by atoms with Crippen LogP contribution >= 0.6 is 7.37 Å². The van der Waals surface area contributed by atoms with Gasteiger partial charge >= 0.3 is 0 Å². The molecule has 0 aliphatic carbocycles. The van der Waals surface area contributed by atoms with Crippen molar-refractivity contribution in [2.45, 2.75) is 19.4 Å². The van der Waals surface area contributed by atoms with Gasteiger partial charge in [0.05, 0.1) is 0 Å². The minimum Gasteiger partial charge on any atom is -0.483 e. The minimum atomic E-state index is -3.57. The average Bonchev–Trinajstić information content (AvgIpc) is 2.46. The highest BCUT2D eigenvalue weighted by Crippen LogP contribution is 2.40. The van der Waals surface area contributed by atoms with Crippen LogP contribution in [-0.2, 0) is 4.57 Å². The number of benzene rings is 2. The van der Waals surface area contributed by atoms with Gasteiger partial charge in [-0.1, -0.05) is 24.3 Å². The van der Waals surface area contributed by atoms with Crippen molar-refractivity contribution in [3.8, 4) is 5.75 Å². The zero-order chi connectivity index (χ0) is 15.1. The smallest absolute Gasteiger partial charge is 0.258 e.